The van der Waals surface area contributed by atoms with Gasteiger partial charge in [0, 0.05) is 18.9 Å². The van der Waals surface area contributed by atoms with Crippen molar-refractivity contribution in [3.05, 3.63) is 36.0 Å². The van der Waals surface area contributed by atoms with Crippen molar-refractivity contribution >= 4 is 11.8 Å². The third-order valence-electron chi connectivity index (χ3n) is 1.89. The number of hydrogen-bond donors (Lipinski definition) is 0. The Morgan fingerprint density at radius 3 is 2.86 bits per heavy atom. The molecule has 0 aromatic carbocycles. The van der Waals surface area contributed by atoms with Crippen LogP contribution in [0.25, 0.3) is 0 Å². The van der Waals surface area contributed by atoms with Gasteiger partial charge >= 0.3 is 5.97 Å². The van der Waals surface area contributed by atoms with E-state index in [1.54, 1.807) is 6.07 Å². The number of ketones is 1. The molecule has 0 atom stereocenters. The molecule has 0 unspecified atom stereocenters. The van der Waals surface area contributed by atoms with Crippen LogP contribution >= 0.6 is 0 Å². The van der Waals surface area contributed by atoms with Gasteiger partial charge in [-0.2, -0.15) is 0 Å². The molecule has 0 spiro atoms. The molecule has 2 rings (SSSR count). The van der Waals surface area contributed by atoms with Crippen LogP contribution in [0.3, 0.4) is 0 Å². The highest BCUT2D eigenvalue weighted by Gasteiger charge is 2.18. The molecule has 0 bridgehead atoms. The lowest BCUT2D eigenvalue weighted by molar-refractivity contribution is -0.114. The Balaban J connectivity index is 2.02. The number of esters is 1. The second-order valence-electron chi connectivity index (χ2n) is 2.94. The largest absolute Gasteiger partial charge is 0.457 e. The first-order valence-corrected chi connectivity index (χ1v) is 4.25. The van der Waals surface area contributed by atoms with Crippen molar-refractivity contribution < 1.29 is 18.7 Å². The predicted molar refractivity (Wildman–Crippen MR) is 46.4 cm³/mol. The monoisotopic (exact) mass is 192 g/mol. The first kappa shape index (κ1) is 8.74. The summed E-state index contributed by atoms with van der Waals surface area (Å²) in [6, 6.07) is 3.12. The Labute approximate surface area is 80.2 Å². The van der Waals surface area contributed by atoms with Gasteiger partial charge in [0.1, 0.15) is 5.76 Å². The summed E-state index contributed by atoms with van der Waals surface area (Å²) < 4.78 is 9.78. The standard InChI is InChI=1S/C10H8O4/c11-7-3-4-8(6-7)14-10(12)9-2-1-5-13-9/h1-2,5-6H,3-4H2. The van der Waals surface area contributed by atoms with Crippen molar-refractivity contribution in [3.8, 4) is 0 Å². The fourth-order valence-corrected chi connectivity index (χ4v) is 1.21. The lowest BCUT2D eigenvalue weighted by atomic mass is 10.3. The molecule has 0 saturated carbocycles. The van der Waals surface area contributed by atoms with Crippen LogP contribution in [0.4, 0.5) is 0 Å². The van der Waals surface area contributed by atoms with Gasteiger partial charge in [0.2, 0.25) is 5.76 Å². The number of hydrogen-bond acceptors (Lipinski definition) is 4. The maximum Gasteiger partial charge on any atom is 0.379 e. The maximum atomic E-state index is 11.3. The summed E-state index contributed by atoms with van der Waals surface area (Å²) in [5.41, 5.74) is 0. The molecule has 1 heterocycles. The quantitative estimate of drug-likeness (QED) is 0.669. The predicted octanol–water partition coefficient (Wildman–Crippen LogP) is 1.68. The Morgan fingerprint density at radius 2 is 2.29 bits per heavy atom. The lowest BCUT2D eigenvalue weighted by Gasteiger charge is -2.00. The first-order chi connectivity index (χ1) is 6.75. The smallest absolute Gasteiger partial charge is 0.379 e. The highest BCUT2D eigenvalue weighted by molar-refractivity contribution is 5.94. The highest BCUT2D eigenvalue weighted by atomic mass is 16.5. The highest BCUT2D eigenvalue weighted by Crippen LogP contribution is 2.17. The molecule has 14 heavy (non-hydrogen) atoms. The lowest BCUT2D eigenvalue weighted by Crippen LogP contribution is -2.02. The van der Waals surface area contributed by atoms with Gasteiger partial charge in [-0.3, -0.25) is 4.79 Å². The van der Waals surface area contributed by atoms with Crippen LogP contribution in [0.2, 0.25) is 0 Å². The van der Waals surface area contributed by atoms with Gasteiger partial charge in [-0.25, -0.2) is 4.79 Å². The summed E-state index contributed by atoms with van der Waals surface area (Å²) in [5.74, 6) is -0.00940. The van der Waals surface area contributed by atoms with Gasteiger partial charge in [-0.1, -0.05) is 0 Å². The Bertz CT molecular complexity index is 386. The number of carbonyl (C=O) groups is 2. The second kappa shape index (κ2) is 3.49. The summed E-state index contributed by atoms with van der Waals surface area (Å²) in [6.07, 6.45) is 3.65. The molecule has 0 N–H and O–H groups in total. The van der Waals surface area contributed by atoms with Crippen LogP contribution in [0, 0.1) is 0 Å². The normalized spacial score (nSPS) is 15.4. The van der Waals surface area contributed by atoms with E-state index in [-0.39, 0.29) is 11.5 Å². The number of ether oxygens (including phenoxy) is 1. The molecule has 1 aliphatic rings. The molecule has 0 saturated heterocycles. The van der Waals surface area contributed by atoms with E-state index in [1.807, 2.05) is 0 Å². The Hall–Kier alpha value is -1.84. The molecule has 1 aliphatic carbocycles. The van der Waals surface area contributed by atoms with Crippen molar-refractivity contribution in [1.82, 2.24) is 0 Å². The van der Waals surface area contributed by atoms with E-state index < -0.39 is 5.97 Å². The fraction of sp³-hybridized carbons (Fsp3) is 0.200. The number of furan rings is 1. The molecule has 1 aromatic rings. The van der Waals surface area contributed by atoms with E-state index >= 15 is 0 Å². The molecule has 4 heteroatoms. The zero-order chi connectivity index (χ0) is 9.97. The van der Waals surface area contributed by atoms with E-state index in [2.05, 4.69) is 0 Å². The van der Waals surface area contributed by atoms with Crippen molar-refractivity contribution in [2.24, 2.45) is 0 Å². The molecule has 0 fully saturated rings. The summed E-state index contributed by atoms with van der Waals surface area (Å²) in [4.78, 5) is 22.1. The topological polar surface area (TPSA) is 56.5 Å². The van der Waals surface area contributed by atoms with Crippen molar-refractivity contribution in [1.29, 1.82) is 0 Å². The minimum Gasteiger partial charge on any atom is -0.457 e. The minimum atomic E-state index is -0.559. The van der Waals surface area contributed by atoms with Gasteiger partial charge in [0.15, 0.2) is 5.78 Å². The Kier molecular flexibility index (Phi) is 2.18. The van der Waals surface area contributed by atoms with E-state index in [4.69, 9.17) is 9.15 Å². The summed E-state index contributed by atoms with van der Waals surface area (Å²) >= 11 is 0. The molecule has 0 amide bonds. The van der Waals surface area contributed by atoms with Crippen LogP contribution in [-0.4, -0.2) is 11.8 Å². The summed E-state index contributed by atoms with van der Waals surface area (Å²) in [7, 11) is 0. The number of allylic oxidation sites excluding steroid dienone is 2. The molecule has 72 valence electrons. The van der Waals surface area contributed by atoms with Gasteiger partial charge in [0.25, 0.3) is 0 Å². The molecular formula is C10H8O4. The third kappa shape index (κ3) is 1.74. The molecule has 1 aromatic heterocycles. The van der Waals surface area contributed by atoms with E-state index in [0.717, 1.165) is 0 Å². The maximum absolute atomic E-state index is 11.3. The summed E-state index contributed by atoms with van der Waals surface area (Å²) in [5, 5.41) is 0. The molecule has 4 nitrogen and oxygen atoms in total. The van der Waals surface area contributed by atoms with E-state index in [9.17, 15) is 9.59 Å². The van der Waals surface area contributed by atoms with Crippen molar-refractivity contribution in [2.75, 3.05) is 0 Å². The van der Waals surface area contributed by atoms with Gasteiger partial charge in [-0.15, -0.1) is 0 Å². The van der Waals surface area contributed by atoms with Gasteiger partial charge < -0.3 is 9.15 Å². The molecular weight excluding hydrogens is 184 g/mol. The van der Waals surface area contributed by atoms with Crippen LogP contribution in [0.15, 0.2) is 34.6 Å². The van der Waals surface area contributed by atoms with Crippen molar-refractivity contribution in [3.63, 3.8) is 0 Å². The van der Waals surface area contributed by atoms with Gasteiger partial charge in [0.05, 0.1) is 6.26 Å². The van der Waals surface area contributed by atoms with Crippen LogP contribution in [0.1, 0.15) is 23.4 Å². The molecule has 0 aliphatic heterocycles. The third-order valence-corrected chi connectivity index (χ3v) is 1.89. The zero-order valence-corrected chi connectivity index (χ0v) is 7.36. The van der Waals surface area contributed by atoms with E-state index in [0.29, 0.717) is 18.6 Å². The van der Waals surface area contributed by atoms with Crippen LogP contribution in [-0.2, 0) is 9.53 Å². The average molecular weight is 192 g/mol. The average Bonchev–Trinajstić information content (AvgIpc) is 2.75. The van der Waals surface area contributed by atoms with Crippen LogP contribution in [0.5, 0.6) is 0 Å². The summed E-state index contributed by atoms with van der Waals surface area (Å²) in [6.45, 7) is 0. The zero-order valence-electron chi connectivity index (χ0n) is 7.36. The first-order valence-electron chi connectivity index (χ1n) is 4.25. The fourth-order valence-electron chi connectivity index (χ4n) is 1.21. The number of carbonyl (C=O) groups excluding carboxylic acids is 2. The second-order valence-corrected chi connectivity index (χ2v) is 2.94. The SMILES string of the molecule is O=C1C=C(OC(=O)c2ccco2)CC1. The molecule has 0 radical (unpaired) electrons. The van der Waals surface area contributed by atoms with E-state index in [1.165, 1.54) is 18.4 Å². The number of rotatable bonds is 2. The Morgan fingerprint density at radius 1 is 1.43 bits per heavy atom. The van der Waals surface area contributed by atoms with Gasteiger partial charge in [-0.05, 0) is 12.1 Å². The van der Waals surface area contributed by atoms with Crippen LogP contribution < -0.4 is 0 Å². The minimum absolute atomic E-state index is 0.00718. The van der Waals surface area contributed by atoms with Crippen molar-refractivity contribution in [2.45, 2.75) is 12.8 Å².